The Morgan fingerprint density at radius 2 is 1.32 bits per heavy atom. The topological polar surface area (TPSA) is 52.6 Å². The molecule has 0 radical (unpaired) electrons. The molecule has 0 rings (SSSR count). The minimum atomic E-state index is -2.40. The summed E-state index contributed by atoms with van der Waals surface area (Å²) in [6.07, 6.45) is 0.473. The van der Waals surface area contributed by atoms with Crippen LogP contribution in [0.4, 0.5) is 0 Å². The summed E-state index contributed by atoms with van der Waals surface area (Å²) in [4.78, 5) is 25.8. The van der Waals surface area contributed by atoms with E-state index in [1.54, 1.807) is 13.8 Å². The lowest BCUT2D eigenvalue weighted by atomic mass is 9.95. The molecule has 22 heavy (non-hydrogen) atoms. The summed E-state index contributed by atoms with van der Waals surface area (Å²) >= 11 is 0. The zero-order valence-corrected chi connectivity index (χ0v) is 16.8. The van der Waals surface area contributed by atoms with Crippen LogP contribution in [0.15, 0.2) is 0 Å². The van der Waals surface area contributed by atoms with Crippen molar-refractivity contribution in [1.82, 2.24) is 0 Å². The Morgan fingerprint density at radius 3 is 1.55 bits per heavy atom. The lowest BCUT2D eigenvalue weighted by molar-refractivity contribution is -0.161. The molecule has 4 nitrogen and oxygen atoms in total. The molecule has 0 unspecified atom stereocenters. The van der Waals surface area contributed by atoms with Crippen LogP contribution in [0.25, 0.3) is 0 Å². The van der Waals surface area contributed by atoms with Gasteiger partial charge in [-0.2, -0.15) is 0 Å². The molecule has 0 saturated carbocycles. The molecule has 0 bridgehead atoms. The van der Waals surface area contributed by atoms with E-state index in [0.717, 1.165) is 0 Å². The molecule has 0 aliphatic rings. The average Bonchev–Trinajstić information content (AvgIpc) is 2.34. The Morgan fingerprint density at radius 1 is 0.955 bits per heavy atom. The zero-order valence-electron chi connectivity index (χ0n) is 15.8. The minimum Gasteiger partial charge on any atom is -0.465 e. The van der Waals surface area contributed by atoms with Gasteiger partial charge >= 0.3 is 11.9 Å². The second-order valence-electron chi connectivity index (χ2n) is 7.82. The van der Waals surface area contributed by atoms with Crippen LogP contribution in [0.1, 0.15) is 54.9 Å². The quantitative estimate of drug-likeness (QED) is 0.394. The van der Waals surface area contributed by atoms with Gasteiger partial charge in [0.25, 0.3) is 0 Å². The monoisotopic (exact) mass is 330 g/mol. The summed E-state index contributed by atoms with van der Waals surface area (Å²) in [5.41, 5.74) is 0. The molecule has 0 N–H and O–H groups in total. The Balaban J connectivity index is 6.30. The van der Waals surface area contributed by atoms with Crippen molar-refractivity contribution in [2.45, 2.75) is 78.1 Å². The first-order valence-electron chi connectivity index (χ1n) is 8.22. The summed E-state index contributed by atoms with van der Waals surface area (Å²) in [5.74, 6) is -0.620. The first-order chi connectivity index (χ1) is 9.88. The molecule has 5 heteroatoms. The lowest BCUT2D eigenvalue weighted by Gasteiger charge is -2.49. The number of esters is 2. The van der Waals surface area contributed by atoms with E-state index in [0.29, 0.717) is 6.42 Å². The third-order valence-electron chi connectivity index (χ3n) is 4.90. The molecule has 0 aromatic carbocycles. The maximum absolute atomic E-state index is 12.9. The smallest absolute Gasteiger partial charge is 0.320 e. The zero-order chi connectivity index (χ0) is 17.8. The van der Waals surface area contributed by atoms with E-state index in [4.69, 9.17) is 9.47 Å². The van der Waals surface area contributed by atoms with Crippen molar-refractivity contribution in [2.24, 2.45) is 5.92 Å². The van der Waals surface area contributed by atoms with Gasteiger partial charge in [-0.05, 0) is 31.2 Å². The lowest BCUT2D eigenvalue weighted by Crippen LogP contribution is -2.59. The van der Waals surface area contributed by atoms with Gasteiger partial charge in [-0.3, -0.25) is 9.59 Å². The first-order valence-corrected chi connectivity index (χ1v) is 11.2. The normalized spacial score (nSPS) is 13.2. The van der Waals surface area contributed by atoms with Crippen molar-refractivity contribution >= 4 is 20.0 Å². The van der Waals surface area contributed by atoms with Crippen molar-refractivity contribution in [3.63, 3.8) is 0 Å². The van der Waals surface area contributed by atoms with E-state index in [1.165, 1.54) is 0 Å². The van der Waals surface area contributed by atoms with Crippen LogP contribution >= 0.6 is 0 Å². The maximum atomic E-state index is 12.9. The maximum Gasteiger partial charge on any atom is 0.320 e. The number of hydrogen-bond acceptors (Lipinski definition) is 4. The molecule has 0 aliphatic heterocycles. The third-order valence-corrected chi connectivity index (χ3v) is 11.4. The van der Waals surface area contributed by atoms with Crippen molar-refractivity contribution in [3.8, 4) is 0 Å². The highest BCUT2D eigenvalue weighted by molar-refractivity contribution is 6.89. The Kier molecular flexibility index (Phi) is 7.33. The van der Waals surface area contributed by atoms with Gasteiger partial charge in [0, 0.05) is 0 Å². The second-order valence-corrected chi connectivity index (χ2v) is 13.4. The van der Waals surface area contributed by atoms with Gasteiger partial charge in [0.2, 0.25) is 0 Å². The molecule has 0 aromatic heterocycles. The van der Waals surface area contributed by atoms with E-state index in [9.17, 15) is 9.59 Å². The van der Waals surface area contributed by atoms with Crippen molar-refractivity contribution in [3.05, 3.63) is 0 Å². The molecule has 0 saturated heterocycles. The van der Waals surface area contributed by atoms with Gasteiger partial charge in [-0.1, -0.05) is 47.7 Å². The molecule has 0 spiro atoms. The van der Waals surface area contributed by atoms with Gasteiger partial charge in [0.05, 0.1) is 21.3 Å². The van der Waals surface area contributed by atoms with Crippen LogP contribution in [-0.4, -0.2) is 33.2 Å². The van der Waals surface area contributed by atoms with Gasteiger partial charge in [-0.15, -0.1) is 0 Å². The van der Waals surface area contributed by atoms with Crippen molar-refractivity contribution < 1.29 is 19.1 Å². The highest BCUT2D eigenvalue weighted by Gasteiger charge is 2.64. The summed E-state index contributed by atoms with van der Waals surface area (Å²) in [6.45, 7) is 18.7. The van der Waals surface area contributed by atoms with Gasteiger partial charge in [0.1, 0.15) is 0 Å². The fraction of sp³-hybridized carbons (Fsp3) is 0.882. The van der Waals surface area contributed by atoms with Crippen LogP contribution in [0, 0.1) is 5.92 Å². The van der Waals surface area contributed by atoms with Gasteiger partial charge in [-0.25, -0.2) is 0 Å². The Hall–Kier alpha value is -0.843. The molecule has 0 amide bonds. The van der Waals surface area contributed by atoms with Crippen LogP contribution in [0.2, 0.25) is 23.2 Å². The summed E-state index contributed by atoms with van der Waals surface area (Å²) in [7, 11) is -2.40. The number of rotatable bonds is 7. The minimum absolute atomic E-state index is 0.137. The highest BCUT2D eigenvalue weighted by atomic mass is 28.3. The van der Waals surface area contributed by atoms with E-state index >= 15 is 0 Å². The van der Waals surface area contributed by atoms with Crippen molar-refractivity contribution in [1.29, 1.82) is 0 Å². The number of ether oxygens (including phenoxy) is 2. The molecule has 0 atom stereocenters. The highest BCUT2D eigenvalue weighted by Crippen LogP contribution is 2.56. The van der Waals surface area contributed by atoms with Crippen LogP contribution in [0.3, 0.4) is 0 Å². The number of carbonyl (C=O) groups is 2. The fourth-order valence-electron chi connectivity index (χ4n) is 2.78. The van der Waals surface area contributed by atoms with Crippen LogP contribution in [-0.2, 0) is 19.1 Å². The number of hydrogen-bond donors (Lipinski definition) is 0. The fourth-order valence-corrected chi connectivity index (χ4v) is 6.14. The number of carbonyl (C=O) groups excluding carboxylic acids is 2. The molecule has 130 valence electrons. The predicted octanol–water partition coefficient (Wildman–Crippen LogP) is 4.41. The van der Waals surface area contributed by atoms with Crippen LogP contribution in [0.5, 0.6) is 0 Å². The average molecular weight is 331 g/mol. The molecular weight excluding hydrogens is 296 g/mol. The van der Waals surface area contributed by atoms with E-state index < -0.39 is 25.1 Å². The van der Waals surface area contributed by atoms with Gasteiger partial charge in [0.15, 0.2) is 5.04 Å². The first kappa shape index (κ1) is 21.2. The van der Waals surface area contributed by atoms with E-state index in [1.807, 2.05) is 13.8 Å². The molecular formula is C17H34O4Si. The largest absolute Gasteiger partial charge is 0.465 e. The Labute approximate surface area is 137 Å². The Bertz CT molecular complexity index is 376. The van der Waals surface area contributed by atoms with E-state index in [-0.39, 0.29) is 24.2 Å². The molecule has 0 aromatic rings. The molecule has 0 fully saturated rings. The summed E-state index contributed by atoms with van der Waals surface area (Å²) in [5, 5.41) is -1.30. The summed E-state index contributed by atoms with van der Waals surface area (Å²) in [6, 6.07) is 0. The molecule has 0 aliphatic carbocycles. The third kappa shape index (κ3) is 3.92. The second kappa shape index (κ2) is 7.62. The van der Waals surface area contributed by atoms with Gasteiger partial charge < -0.3 is 9.47 Å². The predicted molar refractivity (Wildman–Crippen MR) is 92.6 cm³/mol. The summed E-state index contributed by atoms with van der Waals surface area (Å²) < 4.78 is 10.7. The van der Waals surface area contributed by atoms with E-state index in [2.05, 4.69) is 33.9 Å². The standard InChI is InChI=1S/C17H34O4Si/c1-10-20-14(18)17(12-13(3)4,15(19)21-11-2)22(8,9)16(5,6)7/h13H,10-12H2,1-9H3. The molecule has 0 heterocycles. The van der Waals surface area contributed by atoms with Crippen molar-refractivity contribution in [2.75, 3.05) is 13.2 Å². The van der Waals surface area contributed by atoms with Crippen LogP contribution < -0.4 is 0 Å². The SMILES string of the molecule is CCOC(=O)C(CC(C)C)(C(=O)OCC)[Si](C)(C)C(C)(C)C.